The van der Waals surface area contributed by atoms with Crippen molar-refractivity contribution in [2.45, 2.75) is 13.5 Å². The minimum absolute atomic E-state index is 0.895. The second-order valence-electron chi connectivity index (χ2n) is 5.46. The number of nitrogens with one attached hydrogen (secondary N) is 1. The van der Waals surface area contributed by atoms with Gasteiger partial charge in [-0.3, -0.25) is 4.90 Å². The molecule has 2 fully saturated rings. The average Bonchev–Trinajstić information content (AvgIpc) is 2.84. The van der Waals surface area contributed by atoms with E-state index in [-0.39, 0.29) is 0 Å². The highest BCUT2D eigenvalue weighted by Gasteiger charge is 2.35. The molecule has 2 aliphatic heterocycles. The monoisotopic (exact) mass is 294 g/mol. The fraction of sp³-hybridized carbons (Fsp3) is 0.571. The van der Waals surface area contributed by atoms with Gasteiger partial charge in [0.1, 0.15) is 0 Å². The molecule has 2 atom stereocenters. The summed E-state index contributed by atoms with van der Waals surface area (Å²) < 4.78 is 1.21. The van der Waals surface area contributed by atoms with Crippen LogP contribution in [0.2, 0.25) is 0 Å². The van der Waals surface area contributed by atoms with Gasteiger partial charge in [0, 0.05) is 24.1 Å². The molecule has 2 nitrogen and oxygen atoms in total. The van der Waals surface area contributed by atoms with Crippen molar-refractivity contribution in [2.24, 2.45) is 11.8 Å². The van der Waals surface area contributed by atoms with Crippen molar-refractivity contribution >= 4 is 15.9 Å². The molecule has 0 bridgehead atoms. The first-order valence-corrected chi connectivity index (χ1v) is 7.20. The third kappa shape index (κ3) is 2.42. The molecule has 0 saturated carbocycles. The zero-order valence-corrected chi connectivity index (χ0v) is 11.8. The van der Waals surface area contributed by atoms with E-state index in [0.717, 1.165) is 18.4 Å². The molecule has 0 spiro atoms. The third-order valence-corrected chi connectivity index (χ3v) is 4.98. The molecule has 1 N–H and O–H groups in total. The van der Waals surface area contributed by atoms with Gasteiger partial charge in [-0.2, -0.15) is 0 Å². The Kier molecular flexibility index (Phi) is 3.24. The van der Waals surface area contributed by atoms with Crippen molar-refractivity contribution in [3.63, 3.8) is 0 Å². The lowest BCUT2D eigenvalue weighted by Gasteiger charge is -2.17. The molecule has 0 radical (unpaired) electrons. The van der Waals surface area contributed by atoms with Crippen LogP contribution in [0, 0.1) is 18.8 Å². The van der Waals surface area contributed by atoms with Crippen LogP contribution in [0.3, 0.4) is 0 Å². The SMILES string of the molecule is Cc1cc(CN2C[C@H]3CNC[C@H]3C2)ccc1Br. The fourth-order valence-corrected chi connectivity index (χ4v) is 3.39. The van der Waals surface area contributed by atoms with Crippen molar-refractivity contribution in [1.29, 1.82) is 0 Å². The number of hydrogen-bond acceptors (Lipinski definition) is 2. The van der Waals surface area contributed by atoms with Crippen LogP contribution >= 0.6 is 15.9 Å². The van der Waals surface area contributed by atoms with E-state index in [1.54, 1.807) is 0 Å². The van der Waals surface area contributed by atoms with Crippen LogP contribution in [0.5, 0.6) is 0 Å². The lowest BCUT2D eigenvalue weighted by atomic mass is 10.0. The number of halogens is 1. The Morgan fingerprint density at radius 1 is 1.29 bits per heavy atom. The third-order valence-electron chi connectivity index (χ3n) is 4.09. The summed E-state index contributed by atoms with van der Waals surface area (Å²) in [5, 5.41) is 3.49. The number of rotatable bonds is 2. The number of benzene rings is 1. The van der Waals surface area contributed by atoms with E-state index in [1.807, 2.05) is 0 Å². The summed E-state index contributed by atoms with van der Waals surface area (Å²) >= 11 is 3.56. The number of fused-ring (bicyclic) bond motifs is 1. The van der Waals surface area contributed by atoms with E-state index < -0.39 is 0 Å². The lowest BCUT2D eigenvalue weighted by molar-refractivity contribution is 0.305. The normalized spacial score (nSPS) is 28.6. The maximum absolute atomic E-state index is 3.56. The van der Waals surface area contributed by atoms with E-state index in [2.05, 4.69) is 51.3 Å². The first-order valence-electron chi connectivity index (χ1n) is 6.40. The second kappa shape index (κ2) is 4.71. The molecule has 1 aromatic carbocycles. The van der Waals surface area contributed by atoms with E-state index in [4.69, 9.17) is 0 Å². The quantitative estimate of drug-likeness (QED) is 0.901. The molecule has 2 heterocycles. The zero-order valence-electron chi connectivity index (χ0n) is 10.2. The average molecular weight is 295 g/mol. The molecule has 2 saturated heterocycles. The summed E-state index contributed by atoms with van der Waals surface area (Å²) in [5.74, 6) is 1.79. The van der Waals surface area contributed by atoms with Gasteiger partial charge in [-0.05, 0) is 49.0 Å². The van der Waals surface area contributed by atoms with Gasteiger partial charge in [0.2, 0.25) is 0 Å². The molecule has 2 aliphatic rings. The van der Waals surface area contributed by atoms with Crippen LogP contribution in [-0.4, -0.2) is 31.1 Å². The summed E-state index contributed by atoms with van der Waals surface area (Å²) in [5.41, 5.74) is 2.78. The fourth-order valence-electron chi connectivity index (χ4n) is 3.14. The van der Waals surface area contributed by atoms with Crippen molar-refractivity contribution < 1.29 is 0 Å². The first kappa shape index (κ1) is 11.7. The van der Waals surface area contributed by atoms with Gasteiger partial charge in [-0.25, -0.2) is 0 Å². The van der Waals surface area contributed by atoms with Crippen LogP contribution in [-0.2, 0) is 6.54 Å². The Labute approximate surface area is 112 Å². The summed E-state index contributed by atoms with van der Waals surface area (Å²) in [4.78, 5) is 2.61. The van der Waals surface area contributed by atoms with Crippen LogP contribution in [0.4, 0.5) is 0 Å². The van der Waals surface area contributed by atoms with Crippen LogP contribution in [0.15, 0.2) is 22.7 Å². The molecular weight excluding hydrogens is 276 g/mol. The molecule has 0 aromatic heterocycles. The smallest absolute Gasteiger partial charge is 0.0234 e. The van der Waals surface area contributed by atoms with Gasteiger partial charge in [0.05, 0.1) is 0 Å². The van der Waals surface area contributed by atoms with Crippen molar-refractivity contribution in [2.75, 3.05) is 26.2 Å². The Morgan fingerprint density at radius 2 is 2.00 bits per heavy atom. The predicted molar refractivity (Wildman–Crippen MR) is 74.0 cm³/mol. The van der Waals surface area contributed by atoms with E-state index in [1.165, 1.54) is 41.8 Å². The summed E-state index contributed by atoms with van der Waals surface area (Å²) in [6.07, 6.45) is 0. The first-order chi connectivity index (χ1) is 8.22. The maximum atomic E-state index is 3.56. The van der Waals surface area contributed by atoms with Gasteiger partial charge in [-0.1, -0.05) is 28.1 Å². The Hall–Kier alpha value is -0.380. The molecule has 0 unspecified atom stereocenters. The van der Waals surface area contributed by atoms with Gasteiger partial charge < -0.3 is 5.32 Å². The number of nitrogens with zero attached hydrogens (tertiary/aromatic N) is 1. The zero-order chi connectivity index (χ0) is 11.8. The Balaban J connectivity index is 1.65. The Morgan fingerprint density at radius 3 is 2.65 bits per heavy atom. The van der Waals surface area contributed by atoms with Crippen molar-refractivity contribution in [1.82, 2.24) is 10.2 Å². The van der Waals surface area contributed by atoms with Gasteiger partial charge >= 0.3 is 0 Å². The molecule has 3 rings (SSSR count). The number of hydrogen-bond donors (Lipinski definition) is 1. The lowest BCUT2D eigenvalue weighted by Crippen LogP contribution is -2.25. The van der Waals surface area contributed by atoms with E-state index in [9.17, 15) is 0 Å². The number of likely N-dealkylation sites (tertiary alicyclic amines) is 1. The summed E-state index contributed by atoms with van der Waals surface area (Å²) in [6, 6.07) is 6.71. The van der Waals surface area contributed by atoms with E-state index >= 15 is 0 Å². The largest absolute Gasteiger partial charge is 0.316 e. The van der Waals surface area contributed by atoms with Crippen molar-refractivity contribution in [3.05, 3.63) is 33.8 Å². The number of aryl methyl sites for hydroxylation is 1. The molecule has 3 heteroatoms. The highest BCUT2D eigenvalue weighted by Crippen LogP contribution is 2.28. The minimum Gasteiger partial charge on any atom is -0.316 e. The minimum atomic E-state index is 0.895. The predicted octanol–water partition coefficient (Wildman–Crippen LogP) is 2.41. The van der Waals surface area contributed by atoms with Crippen molar-refractivity contribution in [3.8, 4) is 0 Å². The second-order valence-corrected chi connectivity index (χ2v) is 6.31. The van der Waals surface area contributed by atoms with Gasteiger partial charge in [0.15, 0.2) is 0 Å². The molecule has 0 amide bonds. The highest BCUT2D eigenvalue weighted by molar-refractivity contribution is 9.10. The standard InChI is InChI=1S/C14H19BrN2/c1-10-4-11(2-3-14(10)15)7-17-8-12-5-16-6-13(12)9-17/h2-4,12-13,16H,5-9H2,1H3/t12-,13+. The van der Waals surface area contributed by atoms with Gasteiger partial charge in [-0.15, -0.1) is 0 Å². The molecule has 92 valence electrons. The summed E-state index contributed by atoms with van der Waals surface area (Å²) in [6.45, 7) is 8.26. The molecule has 17 heavy (non-hydrogen) atoms. The maximum Gasteiger partial charge on any atom is 0.0234 e. The molecular formula is C14H19BrN2. The Bertz CT molecular complexity index is 407. The van der Waals surface area contributed by atoms with E-state index in [0.29, 0.717) is 0 Å². The molecule has 0 aliphatic carbocycles. The highest BCUT2D eigenvalue weighted by atomic mass is 79.9. The summed E-state index contributed by atoms with van der Waals surface area (Å²) in [7, 11) is 0. The van der Waals surface area contributed by atoms with Crippen LogP contribution < -0.4 is 5.32 Å². The van der Waals surface area contributed by atoms with Crippen LogP contribution in [0.1, 0.15) is 11.1 Å². The topological polar surface area (TPSA) is 15.3 Å². The van der Waals surface area contributed by atoms with Gasteiger partial charge in [0.25, 0.3) is 0 Å². The molecule has 1 aromatic rings. The van der Waals surface area contributed by atoms with Crippen LogP contribution in [0.25, 0.3) is 0 Å².